The van der Waals surface area contributed by atoms with E-state index < -0.39 is 0 Å². The number of aromatic nitrogens is 2. The number of carbonyl (C=O) groups excluding carboxylic acids is 1. The zero-order chi connectivity index (χ0) is 15.2. The van der Waals surface area contributed by atoms with E-state index >= 15 is 0 Å². The lowest BCUT2D eigenvalue weighted by Crippen LogP contribution is -2.13. The van der Waals surface area contributed by atoms with Crippen molar-refractivity contribution in [3.63, 3.8) is 0 Å². The highest BCUT2D eigenvalue weighted by Gasteiger charge is 2.12. The normalized spacial score (nSPS) is 10.4. The van der Waals surface area contributed by atoms with E-state index in [4.69, 9.17) is 21.1 Å². The van der Waals surface area contributed by atoms with Crippen LogP contribution in [0.5, 0.6) is 5.75 Å². The lowest BCUT2D eigenvalue weighted by atomic mass is 10.2. The molecule has 21 heavy (non-hydrogen) atoms. The topological polar surface area (TPSA) is 76.2 Å². The average molecular weight is 310 g/mol. The van der Waals surface area contributed by atoms with Gasteiger partial charge in [-0.2, -0.15) is 0 Å². The second-order valence-corrected chi connectivity index (χ2v) is 4.72. The molecular weight excluding hydrogens is 294 g/mol. The first-order valence-corrected chi connectivity index (χ1v) is 6.72. The number of anilines is 1. The number of hydrogen-bond acceptors (Lipinski definition) is 4. The van der Waals surface area contributed by atoms with Crippen LogP contribution in [-0.4, -0.2) is 36.2 Å². The Hall–Kier alpha value is -2.05. The van der Waals surface area contributed by atoms with Crippen molar-refractivity contribution >= 4 is 23.2 Å². The van der Waals surface area contributed by atoms with E-state index in [9.17, 15) is 4.79 Å². The maximum atomic E-state index is 12.0. The Labute approximate surface area is 127 Å². The van der Waals surface area contributed by atoms with Crippen LogP contribution < -0.4 is 10.1 Å². The first-order valence-electron chi connectivity index (χ1n) is 6.34. The third-order valence-electron chi connectivity index (χ3n) is 2.78. The molecule has 0 aliphatic heterocycles. The van der Waals surface area contributed by atoms with Crippen LogP contribution in [0, 0.1) is 6.92 Å². The Balaban J connectivity index is 2.03. The van der Waals surface area contributed by atoms with Crippen LogP contribution in [-0.2, 0) is 4.74 Å². The van der Waals surface area contributed by atoms with Crippen LogP contribution in [0.4, 0.5) is 5.69 Å². The number of nitrogens with one attached hydrogen (secondary N) is 2. The number of hydrogen-bond donors (Lipinski definition) is 2. The lowest BCUT2D eigenvalue weighted by molar-refractivity contribution is 0.102. The summed E-state index contributed by atoms with van der Waals surface area (Å²) >= 11 is 6.11. The smallest absolute Gasteiger partial charge is 0.276 e. The molecule has 2 N–H and O–H groups in total. The molecule has 0 unspecified atom stereocenters. The molecule has 1 aromatic carbocycles. The predicted molar refractivity (Wildman–Crippen MR) is 80.1 cm³/mol. The third-order valence-corrected chi connectivity index (χ3v) is 3.08. The van der Waals surface area contributed by atoms with Gasteiger partial charge in [-0.1, -0.05) is 11.6 Å². The fraction of sp³-hybridized carbons (Fsp3) is 0.286. The highest BCUT2D eigenvalue weighted by Crippen LogP contribution is 2.27. The Morgan fingerprint density at radius 2 is 2.24 bits per heavy atom. The number of methoxy groups -OCH3 is 1. The monoisotopic (exact) mass is 309 g/mol. The Morgan fingerprint density at radius 1 is 1.43 bits per heavy atom. The van der Waals surface area contributed by atoms with Crippen LogP contribution in [0.15, 0.2) is 24.5 Å². The molecule has 2 aromatic rings. The summed E-state index contributed by atoms with van der Waals surface area (Å²) in [5.41, 5.74) is 1.64. The Kier molecular flexibility index (Phi) is 5.19. The van der Waals surface area contributed by atoms with E-state index in [1.165, 1.54) is 6.33 Å². The molecule has 7 heteroatoms. The molecule has 0 saturated carbocycles. The number of ether oxygens (including phenoxy) is 2. The van der Waals surface area contributed by atoms with Gasteiger partial charge >= 0.3 is 0 Å². The van der Waals surface area contributed by atoms with Gasteiger partial charge in [-0.15, -0.1) is 0 Å². The molecule has 1 heterocycles. The van der Waals surface area contributed by atoms with E-state index in [1.54, 1.807) is 32.2 Å². The minimum atomic E-state index is -0.294. The first kappa shape index (κ1) is 15.3. The molecule has 0 radical (unpaired) electrons. The summed E-state index contributed by atoms with van der Waals surface area (Å²) in [6.45, 7) is 2.67. The number of aromatic amines is 1. The molecule has 1 aromatic heterocycles. The van der Waals surface area contributed by atoms with Gasteiger partial charge in [0.2, 0.25) is 0 Å². The number of H-pyrrole nitrogens is 1. The molecule has 0 fully saturated rings. The molecule has 112 valence electrons. The third kappa shape index (κ3) is 3.96. The highest BCUT2D eigenvalue weighted by molar-refractivity contribution is 6.32. The van der Waals surface area contributed by atoms with Crippen molar-refractivity contribution in [3.8, 4) is 5.75 Å². The van der Waals surface area contributed by atoms with Gasteiger partial charge in [0.15, 0.2) is 0 Å². The fourth-order valence-corrected chi connectivity index (χ4v) is 1.94. The molecule has 6 nitrogen and oxygen atoms in total. The van der Waals surface area contributed by atoms with Crippen LogP contribution >= 0.6 is 11.6 Å². The maximum Gasteiger partial charge on any atom is 0.276 e. The van der Waals surface area contributed by atoms with E-state index in [0.29, 0.717) is 41.1 Å². The molecular formula is C14H16ClN3O3. The summed E-state index contributed by atoms with van der Waals surface area (Å²) in [7, 11) is 1.60. The quantitative estimate of drug-likeness (QED) is 0.804. The number of amides is 1. The molecule has 0 spiro atoms. The Bertz CT molecular complexity index is 628. The van der Waals surface area contributed by atoms with Gasteiger partial charge in [0.25, 0.3) is 5.91 Å². The summed E-state index contributed by atoms with van der Waals surface area (Å²) < 4.78 is 10.3. The lowest BCUT2D eigenvalue weighted by Gasteiger charge is -2.10. The molecule has 1 amide bonds. The summed E-state index contributed by atoms with van der Waals surface area (Å²) in [6, 6.07) is 5.04. The molecule has 0 saturated heterocycles. The summed E-state index contributed by atoms with van der Waals surface area (Å²) in [6.07, 6.45) is 1.48. The molecule has 0 bridgehead atoms. The second-order valence-electron chi connectivity index (χ2n) is 4.32. The van der Waals surface area contributed by atoms with Gasteiger partial charge in [-0.25, -0.2) is 4.98 Å². The molecule has 0 aliphatic carbocycles. The van der Waals surface area contributed by atoms with E-state index in [1.807, 2.05) is 0 Å². The molecule has 0 aliphatic rings. The molecule has 0 atom stereocenters. The minimum Gasteiger partial charge on any atom is -0.490 e. The van der Waals surface area contributed by atoms with Crippen LogP contribution in [0.1, 0.15) is 16.2 Å². The van der Waals surface area contributed by atoms with Crippen molar-refractivity contribution in [2.75, 3.05) is 25.6 Å². The summed E-state index contributed by atoms with van der Waals surface area (Å²) in [4.78, 5) is 18.8. The zero-order valence-corrected chi connectivity index (χ0v) is 12.5. The van der Waals surface area contributed by atoms with Crippen LogP contribution in [0.25, 0.3) is 0 Å². The standard InChI is InChI=1S/C14H16ClN3O3/c1-9-13(17-8-16-9)14(19)18-10-3-4-12(11(15)7-10)21-6-5-20-2/h3-4,7-8H,5-6H2,1-2H3,(H,16,17)(H,18,19). The second kappa shape index (κ2) is 7.10. The van der Waals surface area contributed by atoms with Crippen molar-refractivity contribution in [2.24, 2.45) is 0 Å². The number of rotatable bonds is 6. The van der Waals surface area contributed by atoms with E-state index in [0.717, 1.165) is 0 Å². The predicted octanol–water partition coefficient (Wildman–Crippen LogP) is 2.65. The molecule has 2 rings (SSSR count). The summed E-state index contributed by atoms with van der Waals surface area (Å²) in [5, 5.41) is 3.15. The number of halogens is 1. The van der Waals surface area contributed by atoms with Crippen molar-refractivity contribution < 1.29 is 14.3 Å². The summed E-state index contributed by atoms with van der Waals surface area (Å²) in [5.74, 6) is 0.250. The Morgan fingerprint density at radius 3 is 2.86 bits per heavy atom. The van der Waals surface area contributed by atoms with Gasteiger partial charge in [0, 0.05) is 18.5 Å². The maximum absolute atomic E-state index is 12.0. The SMILES string of the molecule is COCCOc1ccc(NC(=O)c2nc[nH]c2C)cc1Cl. The number of nitrogens with zero attached hydrogens (tertiary/aromatic N) is 1. The van der Waals surface area contributed by atoms with Gasteiger partial charge < -0.3 is 19.8 Å². The van der Waals surface area contributed by atoms with Crippen molar-refractivity contribution in [2.45, 2.75) is 6.92 Å². The van der Waals surface area contributed by atoms with Gasteiger partial charge in [0.05, 0.1) is 18.0 Å². The number of aryl methyl sites for hydroxylation is 1. The highest BCUT2D eigenvalue weighted by atomic mass is 35.5. The van der Waals surface area contributed by atoms with Crippen molar-refractivity contribution in [1.29, 1.82) is 0 Å². The van der Waals surface area contributed by atoms with E-state index in [2.05, 4.69) is 15.3 Å². The fourth-order valence-electron chi connectivity index (χ4n) is 1.71. The number of benzene rings is 1. The van der Waals surface area contributed by atoms with Gasteiger partial charge in [-0.3, -0.25) is 4.79 Å². The van der Waals surface area contributed by atoms with Gasteiger partial charge in [-0.05, 0) is 25.1 Å². The van der Waals surface area contributed by atoms with Crippen LogP contribution in [0.3, 0.4) is 0 Å². The van der Waals surface area contributed by atoms with Gasteiger partial charge in [0.1, 0.15) is 18.1 Å². The number of imidazole rings is 1. The first-order chi connectivity index (χ1) is 10.1. The van der Waals surface area contributed by atoms with Crippen molar-refractivity contribution in [1.82, 2.24) is 9.97 Å². The largest absolute Gasteiger partial charge is 0.490 e. The number of carbonyl (C=O) groups is 1. The average Bonchev–Trinajstić information content (AvgIpc) is 2.88. The zero-order valence-electron chi connectivity index (χ0n) is 11.8. The minimum absolute atomic E-state index is 0.294. The van der Waals surface area contributed by atoms with Crippen molar-refractivity contribution in [3.05, 3.63) is 40.9 Å². The van der Waals surface area contributed by atoms with E-state index in [-0.39, 0.29) is 5.91 Å². The van der Waals surface area contributed by atoms with Crippen LogP contribution in [0.2, 0.25) is 5.02 Å².